The van der Waals surface area contributed by atoms with Gasteiger partial charge in [-0.25, -0.2) is 14.8 Å². The molecule has 1 unspecified atom stereocenters. The number of likely N-dealkylation sites (N-methyl/N-ethyl adjacent to an activating group) is 1. The lowest BCUT2D eigenvalue weighted by Gasteiger charge is -2.31. The van der Waals surface area contributed by atoms with Gasteiger partial charge in [-0.05, 0) is 26.4 Å². The summed E-state index contributed by atoms with van der Waals surface area (Å²) in [6, 6.07) is 0.280. The number of aromatic carboxylic acids is 1. The van der Waals surface area contributed by atoms with Crippen molar-refractivity contribution in [3.63, 3.8) is 0 Å². The van der Waals surface area contributed by atoms with Crippen LogP contribution in [0.4, 0.5) is 5.82 Å². The van der Waals surface area contributed by atoms with Crippen LogP contribution in [0.2, 0.25) is 0 Å². The molecule has 2 rings (SSSR count). The van der Waals surface area contributed by atoms with Gasteiger partial charge >= 0.3 is 5.97 Å². The second-order valence-electron chi connectivity index (χ2n) is 4.90. The maximum atomic E-state index is 11.3. The molecule has 1 N–H and O–H groups in total. The molecule has 104 valence electrons. The summed E-state index contributed by atoms with van der Waals surface area (Å²) < 4.78 is 0. The molecule has 0 bridgehead atoms. The average Bonchev–Trinajstić information content (AvgIpc) is 2.60. The van der Waals surface area contributed by atoms with E-state index in [9.17, 15) is 9.90 Å². The van der Waals surface area contributed by atoms with Crippen LogP contribution in [0.1, 0.15) is 30.3 Å². The van der Waals surface area contributed by atoms with Crippen molar-refractivity contribution >= 4 is 11.8 Å². The van der Waals surface area contributed by atoms with E-state index in [1.807, 2.05) is 0 Å². The summed E-state index contributed by atoms with van der Waals surface area (Å²) in [7, 11) is 2.10. The van der Waals surface area contributed by atoms with Gasteiger partial charge in [0.1, 0.15) is 0 Å². The molecule has 0 radical (unpaired) electrons. The Labute approximate surface area is 113 Å². The van der Waals surface area contributed by atoms with E-state index >= 15 is 0 Å². The second kappa shape index (κ2) is 5.97. The Morgan fingerprint density at radius 2 is 2.16 bits per heavy atom. The molecule has 0 saturated carbocycles. The van der Waals surface area contributed by atoms with Crippen LogP contribution in [0.25, 0.3) is 0 Å². The fourth-order valence-electron chi connectivity index (χ4n) is 2.56. The largest absolute Gasteiger partial charge is 0.476 e. The molecule has 0 aromatic carbocycles. The molecule has 2 heterocycles. The number of carboxylic acids is 1. The summed E-state index contributed by atoms with van der Waals surface area (Å²) in [6.07, 6.45) is 4.95. The summed E-state index contributed by atoms with van der Waals surface area (Å²) in [6.45, 7) is 4.89. The van der Waals surface area contributed by atoms with Crippen LogP contribution >= 0.6 is 0 Å². The summed E-state index contributed by atoms with van der Waals surface area (Å²) in [5, 5.41) is 9.24. The zero-order valence-corrected chi connectivity index (χ0v) is 11.4. The van der Waals surface area contributed by atoms with Crippen molar-refractivity contribution in [1.29, 1.82) is 0 Å². The third kappa shape index (κ3) is 3.01. The molecule has 1 aliphatic heterocycles. The van der Waals surface area contributed by atoms with Crippen molar-refractivity contribution < 1.29 is 9.90 Å². The lowest BCUT2D eigenvalue weighted by Crippen LogP contribution is -2.41. The minimum atomic E-state index is -1.02. The summed E-state index contributed by atoms with van der Waals surface area (Å²) in [4.78, 5) is 23.9. The average molecular weight is 264 g/mol. The van der Waals surface area contributed by atoms with E-state index in [2.05, 4.69) is 33.7 Å². The molecular weight excluding hydrogens is 244 g/mol. The number of rotatable bonds is 3. The molecule has 0 spiro atoms. The first-order valence-corrected chi connectivity index (χ1v) is 6.63. The predicted molar refractivity (Wildman–Crippen MR) is 72.5 cm³/mol. The highest BCUT2D eigenvalue weighted by Gasteiger charge is 2.27. The fourth-order valence-corrected chi connectivity index (χ4v) is 2.56. The molecule has 6 nitrogen and oxygen atoms in total. The van der Waals surface area contributed by atoms with Crippen molar-refractivity contribution in [3.8, 4) is 0 Å². The monoisotopic (exact) mass is 264 g/mol. The van der Waals surface area contributed by atoms with Gasteiger partial charge in [-0.15, -0.1) is 0 Å². The van der Waals surface area contributed by atoms with Crippen LogP contribution < -0.4 is 4.90 Å². The Morgan fingerprint density at radius 3 is 2.84 bits per heavy atom. The van der Waals surface area contributed by atoms with E-state index in [0.29, 0.717) is 5.82 Å². The lowest BCUT2D eigenvalue weighted by atomic mass is 10.1. The Bertz CT molecular complexity index is 452. The molecule has 1 aromatic rings. The van der Waals surface area contributed by atoms with E-state index in [0.717, 1.165) is 32.5 Å². The summed E-state index contributed by atoms with van der Waals surface area (Å²) in [5.74, 6) is -0.521. The highest BCUT2D eigenvalue weighted by Crippen LogP contribution is 2.22. The van der Waals surface area contributed by atoms with E-state index in [-0.39, 0.29) is 11.7 Å². The highest BCUT2D eigenvalue weighted by molar-refractivity contribution is 5.91. The van der Waals surface area contributed by atoms with Crippen molar-refractivity contribution in [2.24, 2.45) is 0 Å². The molecule has 0 amide bonds. The van der Waals surface area contributed by atoms with Gasteiger partial charge in [0.25, 0.3) is 0 Å². The maximum absolute atomic E-state index is 11.3. The van der Waals surface area contributed by atoms with E-state index in [1.54, 1.807) is 6.20 Å². The topological polar surface area (TPSA) is 69.6 Å². The van der Waals surface area contributed by atoms with Crippen LogP contribution in [0.3, 0.4) is 0 Å². The van der Waals surface area contributed by atoms with Gasteiger partial charge in [0.2, 0.25) is 0 Å². The number of anilines is 1. The van der Waals surface area contributed by atoms with Crippen molar-refractivity contribution in [1.82, 2.24) is 14.9 Å². The smallest absolute Gasteiger partial charge is 0.358 e. The maximum Gasteiger partial charge on any atom is 0.358 e. The number of nitrogens with zero attached hydrogens (tertiary/aromatic N) is 4. The molecule has 6 heteroatoms. The fraction of sp³-hybridized carbons (Fsp3) is 0.615. The van der Waals surface area contributed by atoms with E-state index in [1.165, 1.54) is 6.20 Å². The first kappa shape index (κ1) is 13.7. The standard InChI is InChI=1S/C13H20N4O2/c1-3-10-9-16(2)7-4-8-17(10)12-11(13(18)19)14-5-6-15-12/h5-6,10H,3-4,7-9H2,1-2H3,(H,18,19). The summed E-state index contributed by atoms with van der Waals surface area (Å²) >= 11 is 0. The van der Waals surface area contributed by atoms with Crippen LogP contribution in [0.5, 0.6) is 0 Å². The number of hydrogen-bond acceptors (Lipinski definition) is 5. The van der Waals surface area contributed by atoms with Gasteiger partial charge in [0.15, 0.2) is 11.5 Å². The molecule has 1 saturated heterocycles. The Hall–Kier alpha value is -1.69. The lowest BCUT2D eigenvalue weighted by molar-refractivity contribution is 0.0690. The number of carbonyl (C=O) groups is 1. The highest BCUT2D eigenvalue weighted by atomic mass is 16.4. The third-order valence-corrected chi connectivity index (χ3v) is 3.53. The number of aromatic nitrogens is 2. The first-order valence-electron chi connectivity index (χ1n) is 6.63. The number of carboxylic acid groups (broad SMARTS) is 1. The molecule has 19 heavy (non-hydrogen) atoms. The van der Waals surface area contributed by atoms with Crippen LogP contribution in [0, 0.1) is 0 Å². The molecular formula is C13H20N4O2. The summed E-state index contributed by atoms with van der Waals surface area (Å²) in [5.41, 5.74) is 0.0468. The molecule has 1 atom stereocenters. The quantitative estimate of drug-likeness (QED) is 0.881. The second-order valence-corrected chi connectivity index (χ2v) is 4.90. The molecule has 0 aliphatic carbocycles. The third-order valence-electron chi connectivity index (χ3n) is 3.53. The molecule has 1 aromatic heterocycles. The Kier molecular flexibility index (Phi) is 4.31. The number of hydrogen-bond donors (Lipinski definition) is 1. The normalized spacial score (nSPS) is 21.2. The van der Waals surface area contributed by atoms with Gasteiger partial charge < -0.3 is 14.9 Å². The zero-order valence-electron chi connectivity index (χ0n) is 11.4. The first-order chi connectivity index (χ1) is 9.13. The van der Waals surface area contributed by atoms with Crippen LogP contribution in [0.15, 0.2) is 12.4 Å². The van der Waals surface area contributed by atoms with Gasteiger partial charge in [0.05, 0.1) is 0 Å². The van der Waals surface area contributed by atoms with Crippen LogP contribution in [-0.2, 0) is 0 Å². The van der Waals surface area contributed by atoms with Gasteiger partial charge in [0, 0.05) is 31.5 Å². The van der Waals surface area contributed by atoms with Gasteiger partial charge in [-0.2, -0.15) is 0 Å². The van der Waals surface area contributed by atoms with Gasteiger partial charge in [-0.1, -0.05) is 6.92 Å². The van der Waals surface area contributed by atoms with E-state index in [4.69, 9.17) is 0 Å². The zero-order chi connectivity index (χ0) is 13.8. The molecule has 1 aliphatic rings. The SMILES string of the molecule is CCC1CN(C)CCCN1c1nccnc1C(=O)O. The van der Waals surface area contributed by atoms with Gasteiger partial charge in [-0.3, -0.25) is 0 Å². The molecule has 1 fully saturated rings. The van der Waals surface area contributed by atoms with E-state index < -0.39 is 5.97 Å². The van der Waals surface area contributed by atoms with Crippen molar-refractivity contribution in [2.75, 3.05) is 31.6 Å². The minimum Gasteiger partial charge on any atom is -0.476 e. The van der Waals surface area contributed by atoms with Crippen molar-refractivity contribution in [3.05, 3.63) is 18.1 Å². The van der Waals surface area contributed by atoms with Crippen LogP contribution in [-0.4, -0.2) is 58.7 Å². The predicted octanol–water partition coefficient (Wildman–Crippen LogP) is 1.10. The minimum absolute atomic E-state index is 0.0468. The van der Waals surface area contributed by atoms with Crippen molar-refractivity contribution in [2.45, 2.75) is 25.8 Å². The Balaban J connectivity index is 2.35. The Morgan fingerprint density at radius 1 is 1.42 bits per heavy atom.